The van der Waals surface area contributed by atoms with E-state index in [4.69, 9.17) is 9.47 Å². The number of rotatable bonds is 34. The first-order valence-corrected chi connectivity index (χ1v) is 21.1. The fourth-order valence-electron chi connectivity index (χ4n) is 6.56. The molecule has 1 aliphatic rings. The van der Waals surface area contributed by atoms with E-state index in [0.717, 1.165) is 57.8 Å². The van der Waals surface area contributed by atoms with Gasteiger partial charge in [0.15, 0.2) is 6.29 Å². The largest absolute Gasteiger partial charge is 0.394 e. The van der Waals surface area contributed by atoms with Gasteiger partial charge >= 0.3 is 0 Å². The number of unbranched alkanes of at least 4 members (excludes halogenated alkanes) is 22. The summed E-state index contributed by atoms with van der Waals surface area (Å²) in [5.74, 6) is -0.188. The Morgan fingerprint density at radius 3 is 1.59 bits per heavy atom. The molecule has 1 fully saturated rings. The van der Waals surface area contributed by atoms with Crippen LogP contribution in [0.5, 0.6) is 0 Å². The highest BCUT2D eigenvalue weighted by molar-refractivity contribution is 5.76. The fourth-order valence-corrected chi connectivity index (χ4v) is 6.56. The van der Waals surface area contributed by atoms with Crippen LogP contribution in [0.25, 0.3) is 0 Å². The summed E-state index contributed by atoms with van der Waals surface area (Å²) in [4.78, 5) is 12.9. The Morgan fingerprint density at radius 2 is 1.10 bits per heavy atom. The van der Waals surface area contributed by atoms with Gasteiger partial charge in [-0.2, -0.15) is 0 Å². The van der Waals surface area contributed by atoms with Crippen molar-refractivity contribution in [3.63, 3.8) is 0 Å². The van der Waals surface area contributed by atoms with E-state index in [-0.39, 0.29) is 12.5 Å². The second-order valence-electron chi connectivity index (χ2n) is 14.8. The van der Waals surface area contributed by atoms with Gasteiger partial charge in [0.2, 0.25) is 5.91 Å². The summed E-state index contributed by atoms with van der Waals surface area (Å²) in [5.41, 5.74) is 0. The number of carbonyl (C=O) groups excluding carboxylic acids is 1. The van der Waals surface area contributed by atoms with Crippen molar-refractivity contribution in [3.05, 3.63) is 24.3 Å². The highest BCUT2D eigenvalue weighted by Crippen LogP contribution is 2.22. The van der Waals surface area contributed by atoms with Crippen molar-refractivity contribution in [2.75, 3.05) is 13.2 Å². The summed E-state index contributed by atoms with van der Waals surface area (Å²) >= 11 is 0. The highest BCUT2D eigenvalue weighted by Gasteiger charge is 2.44. The molecule has 0 radical (unpaired) electrons. The Morgan fingerprint density at radius 1 is 0.647 bits per heavy atom. The van der Waals surface area contributed by atoms with Gasteiger partial charge in [-0.3, -0.25) is 4.79 Å². The molecule has 0 aliphatic carbocycles. The van der Waals surface area contributed by atoms with Crippen LogP contribution >= 0.6 is 0 Å². The molecule has 7 unspecified atom stereocenters. The first kappa shape index (κ1) is 47.7. The summed E-state index contributed by atoms with van der Waals surface area (Å²) in [5, 5.41) is 53.9. The van der Waals surface area contributed by atoms with Gasteiger partial charge in [-0.05, 0) is 44.9 Å². The second kappa shape index (κ2) is 33.3. The molecule has 9 nitrogen and oxygen atoms in total. The maximum atomic E-state index is 12.9. The van der Waals surface area contributed by atoms with Gasteiger partial charge in [0.25, 0.3) is 0 Å². The Hall–Kier alpha value is -1.33. The minimum absolute atomic E-state index is 0.188. The Kier molecular flexibility index (Phi) is 31.1. The third kappa shape index (κ3) is 24.6. The molecule has 1 heterocycles. The van der Waals surface area contributed by atoms with Crippen molar-refractivity contribution in [2.24, 2.45) is 0 Å². The maximum Gasteiger partial charge on any atom is 0.220 e. The summed E-state index contributed by atoms with van der Waals surface area (Å²) in [7, 11) is 0. The van der Waals surface area contributed by atoms with Crippen LogP contribution in [0.2, 0.25) is 0 Å². The van der Waals surface area contributed by atoms with Gasteiger partial charge in [0, 0.05) is 6.42 Å². The van der Waals surface area contributed by atoms with E-state index in [1.807, 2.05) is 6.08 Å². The average Bonchev–Trinajstić information content (AvgIpc) is 3.13. The van der Waals surface area contributed by atoms with Gasteiger partial charge in [-0.15, -0.1) is 0 Å². The summed E-state index contributed by atoms with van der Waals surface area (Å²) in [6.07, 6.45) is 30.8. The summed E-state index contributed by atoms with van der Waals surface area (Å²) < 4.78 is 11.2. The number of allylic oxidation sites excluding steroid dienone is 3. The zero-order chi connectivity index (χ0) is 37.4. The van der Waals surface area contributed by atoms with Crippen molar-refractivity contribution in [1.82, 2.24) is 5.32 Å². The monoisotopic (exact) mass is 726 g/mol. The van der Waals surface area contributed by atoms with Gasteiger partial charge < -0.3 is 40.3 Å². The van der Waals surface area contributed by atoms with E-state index >= 15 is 0 Å². The molecule has 0 bridgehead atoms. The third-order valence-electron chi connectivity index (χ3n) is 10.0. The van der Waals surface area contributed by atoms with E-state index in [1.165, 1.54) is 103 Å². The number of hydrogen-bond donors (Lipinski definition) is 6. The van der Waals surface area contributed by atoms with Crippen molar-refractivity contribution in [1.29, 1.82) is 0 Å². The lowest BCUT2D eigenvalue weighted by atomic mass is 9.99. The molecule has 51 heavy (non-hydrogen) atoms. The van der Waals surface area contributed by atoms with Crippen LogP contribution in [0.3, 0.4) is 0 Å². The second-order valence-corrected chi connectivity index (χ2v) is 14.8. The van der Waals surface area contributed by atoms with Crippen LogP contribution in [0.15, 0.2) is 24.3 Å². The molecule has 0 aromatic carbocycles. The molecule has 0 aromatic heterocycles. The molecule has 6 N–H and O–H groups in total. The molecule has 0 aromatic rings. The minimum atomic E-state index is -1.56. The number of aliphatic hydroxyl groups excluding tert-OH is 5. The first-order chi connectivity index (χ1) is 24.8. The minimum Gasteiger partial charge on any atom is -0.394 e. The van der Waals surface area contributed by atoms with Crippen LogP contribution in [0.1, 0.15) is 181 Å². The topological polar surface area (TPSA) is 149 Å². The third-order valence-corrected chi connectivity index (χ3v) is 10.0. The molecule has 0 saturated carbocycles. The molecular formula is C42H79NO8. The van der Waals surface area contributed by atoms with Crippen LogP contribution in [0.4, 0.5) is 0 Å². The van der Waals surface area contributed by atoms with E-state index in [9.17, 15) is 30.3 Å². The van der Waals surface area contributed by atoms with Crippen molar-refractivity contribution < 1.29 is 39.8 Å². The van der Waals surface area contributed by atoms with Crippen molar-refractivity contribution >= 4 is 5.91 Å². The van der Waals surface area contributed by atoms with Crippen LogP contribution in [-0.2, 0) is 14.3 Å². The molecule has 1 amide bonds. The van der Waals surface area contributed by atoms with Crippen LogP contribution in [0, 0.1) is 0 Å². The quantitative estimate of drug-likeness (QED) is 0.0289. The number of nitrogens with one attached hydrogen (secondary N) is 1. The lowest BCUT2D eigenvalue weighted by Crippen LogP contribution is -2.60. The predicted molar refractivity (Wildman–Crippen MR) is 207 cm³/mol. The summed E-state index contributed by atoms with van der Waals surface area (Å²) in [6.45, 7) is 3.73. The van der Waals surface area contributed by atoms with Crippen molar-refractivity contribution in [3.8, 4) is 0 Å². The molecular weight excluding hydrogens is 646 g/mol. The zero-order valence-corrected chi connectivity index (χ0v) is 32.6. The van der Waals surface area contributed by atoms with Crippen LogP contribution < -0.4 is 5.32 Å². The first-order valence-electron chi connectivity index (χ1n) is 21.1. The predicted octanol–water partition coefficient (Wildman–Crippen LogP) is 7.94. The average molecular weight is 726 g/mol. The van der Waals surface area contributed by atoms with Gasteiger partial charge in [-0.25, -0.2) is 0 Å². The SMILES string of the molecule is CCCCCCCCCC/C=C/C(O)C(COC1OC(CO)C(O)C(O)C1O)NC(=O)CCCCCCC/C=C\CCCCCCCCCCC. The van der Waals surface area contributed by atoms with Gasteiger partial charge in [0.05, 0.1) is 25.4 Å². The molecule has 1 rings (SSSR count). The molecule has 9 heteroatoms. The number of hydrogen-bond acceptors (Lipinski definition) is 8. The number of amides is 1. The lowest BCUT2D eigenvalue weighted by Gasteiger charge is -2.40. The Bertz CT molecular complexity index is 853. The van der Waals surface area contributed by atoms with E-state index in [1.54, 1.807) is 6.08 Å². The van der Waals surface area contributed by atoms with Crippen LogP contribution in [-0.4, -0.2) is 87.5 Å². The normalized spacial score (nSPS) is 22.2. The van der Waals surface area contributed by atoms with Gasteiger partial charge in [0.1, 0.15) is 24.4 Å². The zero-order valence-electron chi connectivity index (χ0n) is 32.6. The molecule has 300 valence electrons. The van der Waals surface area contributed by atoms with E-state index in [2.05, 4.69) is 31.3 Å². The lowest BCUT2D eigenvalue weighted by molar-refractivity contribution is -0.302. The fraction of sp³-hybridized carbons (Fsp3) is 0.881. The summed E-state index contributed by atoms with van der Waals surface area (Å²) in [6, 6.07) is -0.804. The number of carbonyl (C=O) groups is 1. The van der Waals surface area contributed by atoms with Crippen molar-refractivity contribution in [2.45, 2.75) is 224 Å². The highest BCUT2D eigenvalue weighted by atomic mass is 16.7. The molecule has 7 atom stereocenters. The smallest absolute Gasteiger partial charge is 0.220 e. The molecule has 0 spiro atoms. The van der Waals surface area contributed by atoms with Gasteiger partial charge in [-0.1, -0.05) is 154 Å². The molecule has 1 aliphatic heterocycles. The Balaban J connectivity index is 2.37. The standard InChI is InChI=1S/C42H79NO8/c1-3-5-7-9-11-13-15-16-17-18-19-20-21-22-24-26-28-30-32-38(46)43-35(34-50-42-41(49)40(48)39(47)37(33-44)51-42)36(45)31-29-27-25-23-14-12-10-8-6-4-2/h19-20,29,31,35-37,39-42,44-45,47-49H,3-18,21-28,30,32-34H2,1-2H3,(H,43,46)/b20-19-,31-29+. The maximum absolute atomic E-state index is 12.9. The Labute approximate surface area is 311 Å². The number of aliphatic hydroxyl groups is 5. The molecule has 1 saturated heterocycles. The number of ether oxygens (including phenoxy) is 2. The van der Waals surface area contributed by atoms with E-state index < -0.39 is 49.5 Å². The van der Waals surface area contributed by atoms with E-state index in [0.29, 0.717) is 6.42 Å².